The van der Waals surface area contributed by atoms with Crippen molar-refractivity contribution in [3.05, 3.63) is 96.1 Å². The van der Waals surface area contributed by atoms with E-state index in [2.05, 4.69) is 5.43 Å². The van der Waals surface area contributed by atoms with Gasteiger partial charge in [0.15, 0.2) is 0 Å². The number of fused-ring (bicyclic) bond motifs is 1. The molecule has 3 N–H and O–H groups in total. The Morgan fingerprint density at radius 1 is 0.805 bits per heavy atom. The van der Waals surface area contributed by atoms with Gasteiger partial charge in [-0.05, 0) is 48.2 Å². The van der Waals surface area contributed by atoms with Gasteiger partial charge < -0.3 is 15.5 Å². The molecular weight excluding hydrogens is 514 g/mol. The largest absolute Gasteiger partial charge is 0.332 e. The van der Waals surface area contributed by atoms with E-state index in [-0.39, 0.29) is 17.7 Å². The van der Waals surface area contributed by atoms with E-state index in [9.17, 15) is 14.4 Å². The van der Waals surface area contributed by atoms with Gasteiger partial charge in [0.25, 0.3) is 5.91 Å². The van der Waals surface area contributed by atoms with E-state index < -0.39 is 17.6 Å². The molecule has 3 rings (SSSR count). The second-order valence-corrected chi connectivity index (χ2v) is 11.5. The standard InChI is InChI=1S/C33H43N5O3/c1-33(2,34)20-12-17-30(39)37(5)29(23-25-18-19-26-15-10-11-16-27(26)21-25)32(41)38(6)28(31(40)35-36(3)4)22-24-13-8-7-9-14-24/h7-19,21,28-29H,20,22-23,34H2,1-6H3,(H,35,40)/b17-12+/t28?,29-/m1/s1. The molecule has 0 aliphatic rings. The van der Waals surface area contributed by atoms with Gasteiger partial charge in [-0.15, -0.1) is 0 Å². The monoisotopic (exact) mass is 557 g/mol. The van der Waals surface area contributed by atoms with Gasteiger partial charge in [0.05, 0.1) is 0 Å². The van der Waals surface area contributed by atoms with Crippen molar-refractivity contribution in [3.63, 3.8) is 0 Å². The maximum Gasteiger partial charge on any atom is 0.257 e. The summed E-state index contributed by atoms with van der Waals surface area (Å²) in [5.74, 6) is -0.936. The van der Waals surface area contributed by atoms with E-state index in [0.717, 1.165) is 21.9 Å². The van der Waals surface area contributed by atoms with Gasteiger partial charge in [-0.2, -0.15) is 0 Å². The van der Waals surface area contributed by atoms with Crippen LogP contribution >= 0.6 is 0 Å². The molecule has 1 unspecified atom stereocenters. The number of likely N-dealkylation sites (N-methyl/N-ethyl adjacent to an activating group) is 2. The smallest absolute Gasteiger partial charge is 0.257 e. The molecule has 3 amide bonds. The molecule has 2 atom stereocenters. The van der Waals surface area contributed by atoms with Crippen LogP contribution in [0.3, 0.4) is 0 Å². The molecule has 0 saturated heterocycles. The minimum atomic E-state index is -0.838. The van der Waals surface area contributed by atoms with Crippen LogP contribution in [-0.2, 0) is 27.2 Å². The molecule has 0 fully saturated rings. The van der Waals surface area contributed by atoms with Crippen molar-refractivity contribution >= 4 is 28.5 Å². The Morgan fingerprint density at radius 3 is 2.05 bits per heavy atom. The van der Waals surface area contributed by atoms with Gasteiger partial charge >= 0.3 is 0 Å². The van der Waals surface area contributed by atoms with Crippen LogP contribution in [0.5, 0.6) is 0 Å². The number of hydrogen-bond acceptors (Lipinski definition) is 5. The molecule has 3 aromatic rings. The van der Waals surface area contributed by atoms with Crippen LogP contribution < -0.4 is 11.2 Å². The first-order valence-electron chi connectivity index (χ1n) is 13.8. The Morgan fingerprint density at radius 2 is 1.41 bits per heavy atom. The maximum absolute atomic E-state index is 14.2. The average Bonchev–Trinajstić information content (AvgIpc) is 2.92. The fourth-order valence-corrected chi connectivity index (χ4v) is 4.64. The highest BCUT2D eigenvalue weighted by Gasteiger charge is 2.35. The molecule has 0 bridgehead atoms. The first kappa shape index (κ1) is 31.5. The molecular formula is C33H43N5O3. The lowest BCUT2D eigenvalue weighted by atomic mass is 9.98. The highest BCUT2D eigenvalue weighted by molar-refractivity contribution is 5.95. The third-order valence-electron chi connectivity index (χ3n) is 6.97. The molecule has 0 aromatic heterocycles. The first-order valence-corrected chi connectivity index (χ1v) is 13.8. The Balaban J connectivity index is 1.95. The summed E-state index contributed by atoms with van der Waals surface area (Å²) in [6.07, 6.45) is 4.34. The average molecular weight is 558 g/mol. The lowest BCUT2D eigenvalue weighted by molar-refractivity contribution is -0.147. The highest BCUT2D eigenvalue weighted by atomic mass is 16.2. The number of amides is 3. The van der Waals surface area contributed by atoms with Crippen LogP contribution in [-0.4, -0.2) is 78.3 Å². The zero-order valence-electron chi connectivity index (χ0n) is 25.0. The van der Waals surface area contributed by atoms with Crippen LogP contribution in [0.25, 0.3) is 10.8 Å². The molecule has 3 aromatic carbocycles. The SMILES string of the molecule is CN(C)NC(=O)C(Cc1ccccc1)N(C)C(=O)[C@@H](Cc1ccc2ccccc2c1)N(C)C(=O)/C=C/CC(C)(C)N. The number of rotatable bonds is 12. The lowest BCUT2D eigenvalue weighted by Crippen LogP contribution is -2.57. The summed E-state index contributed by atoms with van der Waals surface area (Å²) in [6.45, 7) is 3.77. The van der Waals surface area contributed by atoms with Gasteiger partial charge in [0.2, 0.25) is 11.8 Å². The minimum absolute atomic E-state index is 0.291. The number of nitrogens with zero attached hydrogens (tertiary/aromatic N) is 3. The summed E-state index contributed by atoms with van der Waals surface area (Å²) < 4.78 is 0. The topological polar surface area (TPSA) is 99.0 Å². The second-order valence-electron chi connectivity index (χ2n) is 11.5. The van der Waals surface area contributed by atoms with Crippen LogP contribution in [0, 0.1) is 0 Å². The van der Waals surface area contributed by atoms with E-state index in [1.807, 2.05) is 86.6 Å². The van der Waals surface area contributed by atoms with Crippen molar-refractivity contribution in [2.75, 3.05) is 28.2 Å². The molecule has 0 aliphatic heterocycles. The minimum Gasteiger partial charge on any atom is -0.332 e. The molecule has 0 radical (unpaired) electrons. The second kappa shape index (κ2) is 14.1. The molecule has 0 saturated carbocycles. The summed E-state index contributed by atoms with van der Waals surface area (Å²) in [4.78, 5) is 43.7. The van der Waals surface area contributed by atoms with Crippen molar-refractivity contribution in [1.82, 2.24) is 20.2 Å². The van der Waals surface area contributed by atoms with Crippen LogP contribution in [0.4, 0.5) is 0 Å². The zero-order valence-corrected chi connectivity index (χ0v) is 25.0. The maximum atomic E-state index is 14.2. The Kier molecular flexibility index (Phi) is 10.8. The summed E-state index contributed by atoms with van der Waals surface area (Å²) in [5, 5.41) is 3.71. The zero-order chi connectivity index (χ0) is 30.2. The number of hydrazine groups is 1. The predicted octanol–water partition coefficient (Wildman–Crippen LogP) is 3.56. The van der Waals surface area contributed by atoms with E-state index in [1.54, 1.807) is 39.3 Å². The molecule has 41 heavy (non-hydrogen) atoms. The van der Waals surface area contributed by atoms with Gasteiger partial charge in [-0.25, -0.2) is 5.01 Å². The predicted molar refractivity (Wildman–Crippen MR) is 165 cm³/mol. The Hall–Kier alpha value is -4.01. The number of nitrogens with one attached hydrogen (secondary N) is 1. The van der Waals surface area contributed by atoms with Gasteiger partial charge in [-0.1, -0.05) is 78.9 Å². The van der Waals surface area contributed by atoms with Gasteiger partial charge in [0, 0.05) is 46.6 Å². The third-order valence-corrected chi connectivity index (χ3v) is 6.97. The van der Waals surface area contributed by atoms with Crippen molar-refractivity contribution in [3.8, 4) is 0 Å². The fourth-order valence-electron chi connectivity index (χ4n) is 4.64. The quantitative estimate of drug-likeness (QED) is 0.262. The third kappa shape index (κ3) is 9.27. The molecule has 0 spiro atoms. The van der Waals surface area contributed by atoms with Crippen molar-refractivity contribution in [2.24, 2.45) is 5.73 Å². The van der Waals surface area contributed by atoms with E-state index in [4.69, 9.17) is 5.73 Å². The molecule has 0 aliphatic carbocycles. The number of carbonyl (C=O) groups excluding carboxylic acids is 3. The van der Waals surface area contributed by atoms with E-state index >= 15 is 0 Å². The highest BCUT2D eigenvalue weighted by Crippen LogP contribution is 2.20. The Labute approximate surface area is 243 Å². The summed E-state index contributed by atoms with van der Waals surface area (Å²) in [6, 6.07) is 22.0. The van der Waals surface area contributed by atoms with E-state index in [1.165, 1.54) is 15.9 Å². The number of nitrogens with two attached hydrogens (primary N) is 1. The Bertz CT molecular complexity index is 1360. The molecule has 0 heterocycles. The van der Waals surface area contributed by atoms with Crippen molar-refractivity contribution < 1.29 is 14.4 Å². The molecule has 8 heteroatoms. The van der Waals surface area contributed by atoms with Crippen LogP contribution in [0.1, 0.15) is 31.4 Å². The normalized spacial score (nSPS) is 13.3. The number of hydrogen-bond donors (Lipinski definition) is 2. The lowest BCUT2D eigenvalue weighted by Gasteiger charge is -2.34. The molecule has 218 valence electrons. The summed E-state index contributed by atoms with van der Waals surface area (Å²) in [5.41, 5.74) is 10.3. The fraction of sp³-hybridized carbons (Fsp3) is 0.364. The molecule has 8 nitrogen and oxygen atoms in total. The van der Waals surface area contributed by atoms with Crippen LogP contribution in [0.15, 0.2) is 84.9 Å². The van der Waals surface area contributed by atoms with Crippen molar-refractivity contribution in [1.29, 1.82) is 0 Å². The number of benzene rings is 3. The van der Waals surface area contributed by atoms with Gasteiger partial charge in [0.1, 0.15) is 12.1 Å². The van der Waals surface area contributed by atoms with Crippen molar-refractivity contribution in [2.45, 2.75) is 50.7 Å². The number of carbonyl (C=O) groups is 3. The van der Waals surface area contributed by atoms with Gasteiger partial charge in [-0.3, -0.25) is 19.8 Å². The van der Waals surface area contributed by atoms with Crippen LogP contribution in [0.2, 0.25) is 0 Å². The van der Waals surface area contributed by atoms with E-state index in [0.29, 0.717) is 19.3 Å². The first-order chi connectivity index (χ1) is 19.4. The summed E-state index contributed by atoms with van der Waals surface area (Å²) >= 11 is 0. The summed E-state index contributed by atoms with van der Waals surface area (Å²) in [7, 11) is 6.71.